The molecule has 2 atom stereocenters. The summed E-state index contributed by atoms with van der Waals surface area (Å²) in [7, 11) is 0. The normalized spacial score (nSPS) is 28.0. The fraction of sp³-hybridized carbons (Fsp3) is 0.273. The standard InChI is InChI=1S/C11H9NO3/c13-11-9-8(6-14-11)15-12-10(9)7-4-2-1-3-5-7/h1-5,8-9H,6H2/t8-,9+/m1/s1. The number of hydrogen-bond donors (Lipinski definition) is 0. The largest absolute Gasteiger partial charge is 0.461 e. The molecular weight excluding hydrogens is 194 g/mol. The van der Waals surface area contributed by atoms with Gasteiger partial charge in [-0.1, -0.05) is 35.5 Å². The lowest BCUT2D eigenvalue weighted by atomic mass is 9.94. The summed E-state index contributed by atoms with van der Waals surface area (Å²) >= 11 is 0. The van der Waals surface area contributed by atoms with Crippen LogP contribution in [0.4, 0.5) is 0 Å². The first-order chi connectivity index (χ1) is 7.36. The van der Waals surface area contributed by atoms with E-state index >= 15 is 0 Å². The van der Waals surface area contributed by atoms with E-state index in [4.69, 9.17) is 9.57 Å². The summed E-state index contributed by atoms with van der Waals surface area (Å²) in [6.07, 6.45) is -0.229. The average Bonchev–Trinajstić information content (AvgIpc) is 2.84. The van der Waals surface area contributed by atoms with Crippen LogP contribution in [0.25, 0.3) is 0 Å². The average molecular weight is 203 g/mol. The van der Waals surface area contributed by atoms with E-state index in [1.807, 2.05) is 30.3 Å². The van der Waals surface area contributed by atoms with Crippen molar-refractivity contribution in [2.75, 3.05) is 6.61 Å². The van der Waals surface area contributed by atoms with Crippen LogP contribution in [0.15, 0.2) is 35.5 Å². The Kier molecular flexibility index (Phi) is 1.74. The molecule has 0 N–H and O–H groups in total. The van der Waals surface area contributed by atoms with Crippen LogP contribution in [0.1, 0.15) is 5.56 Å². The zero-order valence-corrected chi connectivity index (χ0v) is 7.92. The molecule has 0 radical (unpaired) electrons. The van der Waals surface area contributed by atoms with Gasteiger partial charge in [0.05, 0.1) is 0 Å². The number of esters is 1. The Morgan fingerprint density at radius 1 is 1.27 bits per heavy atom. The van der Waals surface area contributed by atoms with Gasteiger partial charge in [0.1, 0.15) is 18.2 Å². The summed E-state index contributed by atoms with van der Waals surface area (Å²) in [6.45, 7) is 0.309. The number of benzene rings is 1. The number of oxime groups is 1. The van der Waals surface area contributed by atoms with Gasteiger partial charge < -0.3 is 9.57 Å². The predicted molar refractivity (Wildman–Crippen MR) is 52.3 cm³/mol. The van der Waals surface area contributed by atoms with Gasteiger partial charge in [0.15, 0.2) is 6.10 Å². The summed E-state index contributed by atoms with van der Waals surface area (Å²) in [4.78, 5) is 16.6. The van der Waals surface area contributed by atoms with Crippen LogP contribution < -0.4 is 0 Å². The van der Waals surface area contributed by atoms with Gasteiger partial charge in [-0.3, -0.25) is 4.79 Å². The molecule has 0 aliphatic carbocycles. The molecule has 2 aliphatic heterocycles. The molecule has 0 bridgehead atoms. The SMILES string of the molecule is O=C1OC[C@H]2ON=C(c3ccccc3)[C@@H]12. The molecule has 15 heavy (non-hydrogen) atoms. The molecule has 4 heteroatoms. The monoisotopic (exact) mass is 203 g/mol. The third-order valence-electron chi connectivity index (χ3n) is 2.67. The number of cyclic esters (lactones) is 1. The zero-order valence-electron chi connectivity index (χ0n) is 7.92. The molecule has 0 amide bonds. The molecule has 76 valence electrons. The lowest BCUT2D eigenvalue weighted by Crippen LogP contribution is -2.24. The molecular formula is C11H9NO3. The first-order valence-corrected chi connectivity index (χ1v) is 4.82. The van der Waals surface area contributed by atoms with Gasteiger partial charge in [-0.15, -0.1) is 0 Å². The van der Waals surface area contributed by atoms with Gasteiger partial charge in [-0.25, -0.2) is 0 Å². The Morgan fingerprint density at radius 3 is 2.87 bits per heavy atom. The topological polar surface area (TPSA) is 47.9 Å². The highest BCUT2D eigenvalue weighted by atomic mass is 16.7. The Hall–Kier alpha value is -1.84. The number of carbonyl (C=O) groups excluding carboxylic acids is 1. The highest BCUT2D eigenvalue weighted by Gasteiger charge is 2.47. The van der Waals surface area contributed by atoms with Gasteiger partial charge in [0.25, 0.3) is 0 Å². The number of hydrogen-bond acceptors (Lipinski definition) is 4. The first-order valence-electron chi connectivity index (χ1n) is 4.82. The molecule has 1 fully saturated rings. The van der Waals surface area contributed by atoms with E-state index in [1.165, 1.54) is 0 Å². The van der Waals surface area contributed by atoms with Gasteiger partial charge in [-0.2, -0.15) is 0 Å². The van der Waals surface area contributed by atoms with Crippen molar-refractivity contribution in [3.05, 3.63) is 35.9 Å². The molecule has 0 unspecified atom stereocenters. The van der Waals surface area contributed by atoms with Crippen molar-refractivity contribution in [3.8, 4) is 0 Å². The molecule has 1 aromatic carbocycles. The van der Waals surface area contributed by atoms with Crippen molar-refractivity contribution in [2.45, 2.75) is 6.10 Å². The van der Waals surface area contributed by atoms with Crippen molar-refractivity contribution in [3.63, 3.8) is 0 Å². The summed E-state index contributed by atoms with van der Waals surface area (Å²) in [5, 5.41) is 3.96. The summed E-state index contributed by atoms with van der Waals surface area (Å²) < 4.78 is 4.93. The zero-order chi connectivity index (χ0) is 10.3. The molecule has 0 spiro atoms. The van der Waals surface area contributed by atoms with Crippen molar-refractivity contribution < 1.29 is 14.4 Å². The predicted octanol–water partition coefficient (Wildman–Crippen LogP) is 0.963. The van der Waals surface area contributed by atoms with Crippen molar-refractivity contribution in [1.82, 2.24) is 0 Å². The van der Waals surface area contributed by atoms with Gasteiger partial charge in [0.2, 0.25) is 0 Å². The fourth-order valence-corrected chi connectivity index (χ4v) is 1.90. The maximum absolute atomic E-state index is 11.5. The quantitative estimate of drug-likeness (QED) is 0.639. The van der Waals surface area contributed by atoms with E-state index in [1.54, 1.807) is 0 Å². The third-order valence-corrected chi connectivity index (χ3v) is 2.67. The highest BCUT2D eigenvalue weighted by molar-refractivity contribution is 6.13. The number of ether oxygens (including phenoxy) is 1. The Morgan fingerprint density at radius 2 is 2.07 bits per heavy atom. The van der Waals surface area contributed by atoms with Crippen LogP contribution >= 0.6 is 0 Å². The van der Waals surface area contributed by atoms with Gasteiger partial charge >= 0.3 is 5.97 Å². The second kappa shape index (κ2) is 3.08. The summed E-state index contributed by atoms with van der Waals surface area (Å²) in [5.74, 6) is -0.576. The van der Waals surface area contributed by atoms with Crippen LogP contribution in [-0.4, -0.2) is 24.4 Å². The van der Waals surface area contributed by atoms with E-state index in [9.17, 15) is 4.79 Å². The number of fused-ring (bicyclic) bond motifs is 1. The van der Waals surface area contributed by atoms with Crippen LogP contribution in [0.3, 0.4) is 0 Å². The van der Waals surface area contributed by atoms with Crippen LogP contribution in [0.2, 0.25) is 0 Å². The van der Waals surface area contributed by atoms with E-state index in [0.29, 0.717) is 12.3 Å². The summed E-state index contributed by atoms with van der Waals surface area (Å²) in [6, 6.07) is 9.56. The molecule has 0 saturated carbocycles. The molecule has 2 heterocycles. The molecule has 1 aromatic rings. The fourth-order valence-electron chi connectivity index (χ4n) is 1.90. The Balaban J connectivity index is 1.98. The van der Waals surface area contributed by atoms with Crippen LogP contribution in [-0.2, 0) is 14.4 Å². The van der Waals surface area contributed by atoms with Crippen molar-refractivity contribution in [2.24, 2.45) is 11.1 Å². The van der Waals surface area contributed by atoms with E-state index < -0.39 is 0 Å². The van der Waals surface area contributed by atoms with Crippen LogP contribution in [0.5, 0.6) is 0 Å². The maximum Gasteiger partial charge on any atom is 0.319 e. The second-order valence-electron chi connectivity index (χ2n) is 3.59. The minimum atomic E-state index is -0.340. The highest BCUT2D eigenvalue weighted by Crippen LogP contribution is 2.29. The number of rotatable bonds is 1. The Labute approximate surface area is 86.5 Å². The van der Waals surface area contributed by atoms with E-state index in [-0.39, 0.29) is 18.0 Å². The van der Waals surface area contributed by atoms with Gasteiger partial charge in [0, 0.05) is 5.56 Å². The minimum absolute atomic E-state index is 0.229. The second-order valence-corrected chi connectivity index (χ2v) is 3.59. The Bertz CT molecular complexity index is 427. The number of nitrogens with zero attached hydrogens (tertiary/aromatic N) is 1. The molecule has 3 rings (SSSR count). The van der Waals surface area contributed by atoms with E-state index in [0.717, 1.165) is 5.56 Å². The maximum atomic E-state index is 11.5. The third kappa shape index (κ3) is 1.21. The molecule has 4 nitrogen and oxygen atoms in total. The minimum Gasteiger partial charge on any atom is -0.461 e. The van der Waals surface area contributed by atoms with E-state index in [2.05, 4.69) is 5.16 Å². The molecule has 1 saturated heterocycles. The molecule has 2 aliphatic rings. The summed E-state index contributed by atoms with van der Waals surface area (Å²) in [5.41, 5.74) is 1.60. The van der Waals surface area contributed by atoms with Gasteiger partial charge in [-0.05, 0) is 0 Å². The van der Waals surface area contributed by atoms with Crippen LogP contribution in [0, 0.1) is 5.92 Å². The smallest absolute Gasteiger partial charge is 0.319 e. The number of carbonyl (C=O) groups is 1. The first kappa shape index (κ1) is 8.47. The lowest BCUT2D eigenvalue weighted by molar-refractivity contribution is -0.139. The van der Waals surface area contributed by atoms with Crippen molar-refractivity contribution in [1.29, 1.82) is 0 Å². The lowest BCUT2D eigenvalue weighted by Gasteiger charge is -2.03. The molecule has 0 aromatic heterocycles. The van der Waals surface area contributed by atoms with Crippen molar-refractivity contribution >= 4 is 11.7 Å².